The fourth-order valence-corrected chi connectivity index (χ4v) is 3.27. The lowest BCUT2D eigenvalue weighted by Crippen LogP contribution is -2.50. The Balaban J connectivity index is 1.69. The van der Waals surface area contributed by atoms with Crippen LogP contribution in [0, 0.1) is 6.92 Å². The summed E-state index contributed by atoms with van der Waals surface area (Å²) in [6.45, 7) is 6.43. The SMILES string of the molecule is Cc1ccc(C(N)C(C)N2CC3CCC(C2)O3)cc1. The van der Waals surface area contributed by atoms with Gasteiger partial charge in [-0.3, -0.25) is 4.90 Å². The van der Waals surface area contributed by atoms with Crippen molar-refractivity contribution in [2.75, 3.05) is 13.1 Å². The van der Waals surface area contributed by atoms with E-state index in [0.29, 0.717) is 18.2 Å². The van der Waals surface area contributed by atoms with E-state index in [1.54, 1.807) is 0 Å². The minimum absolute atomic E-state index is 0.0816. The van der Waals surface area contributed by atoms with E-state index in [1.165, 1.54) is 24.0 Å². The lowest BCUT2D eigenvalue weighted by atomic mass is 9.98. The Labute approximate surface area is 115 Å². The number of likely N-dealkylation sites (tertiary alicyclic amines) is 1. The van der Waals surface area contributed by atoms with Gasteiger partial charge in [-0.25, -0.2) is 0 Å². The molecule has 2 bridgehead atoms. The van der Waals surface area contributed by atoms with Crippen LogP contribution in [0.2, 0.25) is 0 Å². The van der Waals surface area contributed by atoms with Crippen LogP contribution >= 0.6 is 0 Å². The maximum atomic E-state index is 6.45. The van der Waals surface area contributed by atoms with Gasteiger partial charge in [0.25, 0.3) is 0 Å². The zero-order valence-electron chi connectivity index (χ0n) is 11.9. The number of ether oxygens (including phenoxy) is 1. The highest BCUT2D eigenvalue weighted by molar-refractivity contribution is 5.25. The topological polar surface area (TPSA) is 38.5 Å². The molecule has 3 rings (SSSR count). The Bertz CT molecular complexity index is 419. The van der Waals surface area contributed by atoms with Gasteiger partial charge >= 0.3 is 0 Å². The number of aryl methyl sites for hydroxylation is 1. The van der Waals surface area contributed by atoms with Crippen LogP contribution in [0.25, 0.3) is 0 Å². The summed E-state index contributed by atoms with van der Waals surface area (Å²) in [7, 11) is 0. The average Bonchev–Trinajstić information content (AvgIpc) is 2.76. The lowest BCUT2D eigenvalue weighted by Gasteiger charge is -2.38. The number of benzene rings is 1. The first-order chi connectivity index (χ1) is 9.13. The van der Waals surface area contributed by atoms with E-state index in [0.717, 1.165) is 13.1 Å². The van der Waals surface area contributed by atoms with E-state index in [-0.39, 0.29) is 6.04 Å². The van der Waals surface area contributed by atoms with Gasteiger partial charge in [-0.15, -0.1) is 0 Å². The maximum Gasteiger partial charge on any atom is 0.0707 e. The summed E-state index contributed by atoms with van der Waals surface area (Å²) >= 11 is 0. The molecule has 2 fully saturated rings. The van der Waals surface area contributed by atoms with Crippen LogP contribution < -0.4 is 5.73 Å². The van der Waals surface area contributed by atoms with E-state index in [2.05, 4.69) is 43.0 Å². The van der Waals surface area contributed by atoms with Crippen molar-refractivity contribution < 1.29 is 4.74 Å². The minimum atomic E-state index is 0.0816. The molecule has 2 saturated heterocycles. The van der Waals surface area contributed by atoms with Gasteiger partial charge in [0, 0.05) is 25.2 Å². The third-order valence-electron chi connectivity index (χ3n) is 4.63. The van der Waals surface area contributed by atoms with Gasteiger partial charge in [-0.05, 0) is 32.3 Å². The second-order valence-electron chi connectivity index (χ2n) is 6.09. The minimum Gasteiger partial charge on any atom is -0.372 e. The van der Waals surface area contributed by atoms with Gasteiger partial charge in [0.1, 0.15) is 0 Å². The first-order valence-corrected chi connectivity index (χ1v) is 7.35. The van der Waals surface area contributed by atoms with E-state index in [4.69, 9.17) is 10.5 Å². The molecule has 0 aliphatic carbocycles. The molecule has 4 atom stereocenters. The van der Waals surface area contributed by atoms with Crippen LogP contribution in [0.4, 0.5) is 0 Å². The highest BCUT2D eigenvalue weighted by Crippen LogP contribution is 2.29. The summed E-state index contributed by atoms with van der Waals surface area (Å²) in [5, 5.41) is 0. The second kappa shape index (κ2) is 5.23. The monoisotopic (exact) mass is 260 g/mol. The number of hydrogen-bond donors (Lipinski definition) is 1. The van der Waals surface area contributed by atoms with Gasteiger partial charge in [-0.2, -0.15) is 0 Å². The average molecular weight is 260 g/mol. The van der Waals surface area contributed by atoms with Crippen molar-refractivity contribution in [1.29, 1.82) is 0 Å². The predicted molar refractivity (Wildman–Crippen MR) is 77.0 cm³/mol. The molecule has 2 N–H and O–H groups in total. The molecule has 3 heteroatoms. The number of nitrogens with two attached hydrogens (primary N) is 1. The highest BCUT2D eigenvalue weighted by Gasteiger charge is 2.36. The van der Waals surface area contributed by atoms with E-state index in [1.807, 2.05) is 0 Å². The standard InChI is InChI=1S/C16H24N2O/c1-11-3-5-13(6-4-11)16(17)12(2)18-9-14-7-8-15(10-18)19-14/h3-6,12,14-16H,7-10,17H2,1-2H3. The molecule has 0 amide bonds. The summed E-state index contributed by atoms with van der Waals surface area (Å²) in [5.41, 5.74) is 8.97. The Morgan fingerprint density at radius 2 is 1.74 bits per heavy atom. The summed E-state index contributed by atoms with van der Waals surface area (Å²) in [6.07, 6.45) is 3.30. The van der Waals surface area contributed by atoms with E-state index < -0.39 is 0 Å². The molecule has 4 unspecified atom stereocenters. The molecule has 0 aromatic heterocycles. The van der Waals surface area contributed by atoms with Gasteiger partial charge in [0.2, 0.25) is 0 Å². The zero-order valence-corrected chi connectivity index (χ0v) is 11.9. The Morgan fingerprint density at radius 3 is 2.32 bits per heavy atom. The molecule has 2 aliphatic heterocycles. The smallest absolute Gasteiger partial charge is 0.0707 e. The molecule has 0 spiro atoms. The number of rotatable bonds is 3. The molecule has 0 radical (unpaired) electrons. The third-order valence-corrected chi connectivity index (χ3v) is 4.63. The van der Waals surface area contributed by atoms with Crippen molar-refractivity contribution in [1.82, 2.24) is 4.90 Å². The molecule has 1 aromatic rings. The van der Waals surface area contributed by atoms with Gasteiger partial charge in [-0.1, -0.05) is 29.8 Å². The highest BCUT2D eigenvalue weighted by atomic mass is 16.5. The summed E-state index contributed by atoms with van der Waals surface area (Å²) in [5.74, 6) is 0. The van der Waals surface area contributed by atoms with Crippen LogP contribution in [-0.4, -0.2) is 36.2 Å². The quantitative estimate of drug-likeness (QED) is 0.906. The molecule has 0 saturated carbocycles. The first-order valence-electron chi connectivity index (χ1n) is 7.35. The van der Waals surface area contributed by atoms with Crippen LogP contribution in [0.5, 0.6) is 0 Å². The van der Waals surface area contributed by atoms with Crippen molar-refractivity contribution in [3.8, 4) is 0 Å². The van der Waals surface area contributed by atoms with Crippen LogP contribution in [-0.2, 0) is 4.74 Å². The zero-order chi connectivity index (χ0) is 13.4. The van der Waals surface area contributed by atoms with Crippen molar-refractivity contribution in [2.45, 2.75) is 51.0 Å². The van der Waals surface area contributed by atoms with Crippen LogP contribution in [0.3, 0.4) is 0 Å². The number of morpholine rings is 1. The second-order valence-corrected chi connectivity index (χ2v) is 6.09. The Kier molecular flexibility index (Phi) is 3.61. The summed E-state index contributed by atoms with van der Waals surface area (Å²) in [4.78, 5) is 2.51. The van der Waals surface area contributed by atoms with Gasteiger partial charge < -0.3 is 10.5 Å². The molecule has 19 heavy (non-hydrogen) atoms. The largest absolute Gasteiger partial charge is 0.372 e. The van der Waals surface area contributed by atoms with Crippen molar-refractivity contribution in [2.24, 2.45) is 5.73 Å². The predicted octanol–water partition coefficient (Wildman–Crippen LogP) is 2.25. The van der Waals surface area contributed by atoms with E-state index >= 15 is 0 Å². The summed E-state index contributed by atoms with van der Waals surface area (Å²) < 4.78 is 5.90. The molecule has 3 nitrogen and oxygen atoms in total. The number of fused-ring (bicyclic) bond motifs is 2. The first kappa shape index (κ1) is 13.1. The maximum absolute atomic E-state index is 6.45. The molecular formula is C16H24N2O. The molecule has 2 aliphatic rings. The fraction of sp³-hybridized carbons (Fsp3) is 0.625. The van der Waals surface area contributed by atoms with Crippen LogP contribution in [0.15, 0.2) is 24.3 Å². The molecule has 1 aromatic carbocycles. The molecule has 2 heterocycles. The lowest BCUT2D eigenvalue weighted by molar-refractivity contribution is -0.0535. The van der Waals surface area contributed by atoms with Crippen molar-refractivity contribution in [3.05, 3.63) is 35.4 Å². The van der Waals surface area contributed by atoms with Crippen molar-refractivity contribution >= 4 is 0 Å². The fourth-order valence-electron chi connectivity index (χ4n) is 3.27. The Hall–Kier alpha value is -0.900. The van der Waals surface area contributed by atoms with E-state index in [9.17, 15) is 0 Å². The number of hydrogen-bond acceptors (Lipinski definition) is 3. The van der Waals surface area contributed by atoms with Gasteiger partial charge in [0.05, 0.1) is 12.2 Å². The van der Waals surface area contributed by atoms with Crippen molar-refractivity contribution in [3.63, 3.8) is 0 Å². The van der Waals surface area contributed by atoms with Gasteiger partial charge in [0.15, 0.2) is 0 Å². The normalized spacial score (nSPS) is 30.3. The molecule has 104 valence electrons. The molecular weight excluding hydrogens is 236 g/mol. The summed E-state index contributed by atoms with van der Waals surface area (Å²) in [6, 6.07) is 9.06. The number of nitrogens with zero attached hydrogens (tertiary/aromatic N) is 1. The Morgan fingerprint density at radius 1 is 1.16 bits per heavy atom. The third kappa shape index (κ3) is 2.69. The van der Waals surface area contributed by atoms with Crippen LogP contribution in [0.1, 0.15) is 36.9 Å².